The lowest BCUT2D eigenvalue weighted by Crippen LogP contribution is -2.49. The van der Waals surface area contributed by atoms with Crippen LogP contribution in [0.2, 0.25) is 0 Å². The monoisotopic (exact) mass is 275 g/mol. The average Bonchev–Trinajstić information content (AvgIpc) is 2.60. The molecule has 2 fully saturated rings. The third-order valence-electron chi connectivity index (χ3n) is 3.29. The first kappa shape index (κ1) is 11.4. The standard InChI is InChI=1S/C11H18BrNO2/c1-11(5-3-7-15-11)8-13-6-2-4-9(12)10(13)14/h9H,2-8H2,1H3. The number of hydrogen-bond donors (Lipinski definition) is 0. The van der Waals surface area contributed by atoms with Gasteiger partial charge in [-0.3, -0.25) is 4.79 Å². The molecule has 0 spiro atoms. The zero-order chi connectivity index (χ0) is 10.9. The third kappa shape index (κ3) is 2.53. The summed E-state index contributed by atoms with van der Waals surface area (Å²) < 4.78 is 5.72. The van der Waals surface area contributed by atoms with Crippen LogP contribution in [0, 0.1) is 0 Å². The highest BCUT2D eigenvalue weighted by Gasteiger charge is 2.36. The van der Waals surface area contributed by atoms with Gasteiger partial charge in [0.25, 0.3) is 0 Å². The number of piperidine rings is 1. The van der Waals surface area contributed by atoms with Crippen molar-refractivity contribution in [1.82, 2.24) is 4.90 Å². The van der Waals surface area contributed by atoms with Crippen LogP contribution in [0.4, 0.5) is 0 Å². The topological polar surface area (TPSA) is 29.5 Å². The molecule has 2 rings (SSSR count). The van der Waals surface area contributed by atoms with Crippen LogP contribution in [0.3, 0.4) is 0 Å². The fourth-order valence-electron chi connectivity index (χ4n) is 2.42. The molecule has 86 valence electrons. The SMILES string of the molecule is CC1(CN2CCCC(Br)C2=O)CCCO1. The number of amides is 1. The van der Waals surface area contributed by atoms with Gasteiger partial charge in [0.05, 0.1) is 10.4 Å². The van der Waals surface area contributed by atoms with Gasteiger partial charge >= 0.3 is 0 Å². The molecule has 2 unspecified atom stereocenters. The van der Waals surface area contributed by atoms with Gasteiger partial charge in [-0.2, -0.15) is 0 Å². The van der Waals surface area contributed by atoms with E-state index in [9.17, 15) is 4.79 Å². The lowest BCUT2D eigenvalue weighted by Gasteiger charge is -2.35. The molecule has 3 nitrogen and oxygen atoms in total. The molecule has 0 aliphatic carbocycles. The number of halogens is 1. The van der Waals surface area contributed by atoms with Crippen LogP contribution in [0.5, 0.6) is 0 Å². The van der Waals surface area contributed by atoms with Crippen LogP contribution in [-0.2, 0) is 9.53 Å². The van der Waals surface area contributed by atoms with Crippen molar-refractivity contribution in [3.63, 3.8) is 0 Å². The summed E-state index contributed by atoms with van der Waals surface area (Å²) in [6.45, 7) is 4.61. The zero-order valence-electron chi connectivity index (χ0n) is 9.17. The van der Waals surface area contributed by atoms with Gasteiger partial charge < -0.3 is 9.64 Å². The highest BCUT2D eigenvalue weighted by Crippen LogP contribution is 2.28. The summed E-state index contributed by atoms with van der Waals surface area (Å²) in [6.07, 6.45) is 4.25. The van der Waals surface area contributed by atoms with Crippen molar-refractivity contribution >= 4 is 21.8 Å². The average molecular weight is 276 g/mol. The number of carbonyl (C=O) groups is 1. The van der Waals surface area contributed by atoms with Gasteiger partial charge in [0, 0.05) is 19.7 Å². The minimum atomic E-state index is -0.0975. The molecule has 2 heterocycles. The molecule has 4 heteroatoms. The summed E-state index contributed by atoms with van der Waals surface area (Å²) >= 11 is 3.43. The molecule has 0 bridgehead atoms. The molecule has 0 radical (unpaired) electrons. The van der Waals surface area contributed by atoms with Gasteiger partial charge in [-0.05, 0) is 32.6 Å². The highest BCUT2D eigenvalue weighted by molar-refractivity contribution is 9.10. The lowest BCUT2D eigenvalue weighted by atomic mass is 10.0. The molecule has 2 atom stereocenters. The minimum Gasteiger partial charge on any atom is -0.373 e. The van der Waals surface area contributed by atoms with E-state index in [2.05, 4.69) is 22.9 Å². The van der Waals surface area contributed by atoms with Gasteiger partial charge in [0.15, 0.2) is 0 Å². The normalized spacial score (nSPS) is 37.3. The van der Waals surface area contributed by atoms with E-state index in [1.807, 2.05) is 4.90 Å². The smallest absolute Gasteiger partial charge is 0.236 e. The Hall–Kier alpha value is -0.0900. The maximum Gasteiger partial charge on any atom is 0.236 e. The number of likely N-dealkylation sites (tertiary alicyclic amines) is 1. The molecule has 2 saturated heterocycles. The second kappa shape index (κ2) is 4.42. The second-order valence-corrected chi connectivity index (χ2v) is 5.88. The van der Waals surface area contributed by atoms with E-state index < -0.39 is 0 Å². The van der Waals surface area contributed by atoms with Gasteiger partial charge in [-0.25, -0.2) is 0 Å². The fourth-order valence-corrected chi connectivity index (χ4v) is 3.03. The Balaban J connectivity index is 1.95. The Morgan fingerprint density at radius 1 is 1.60 bits per heavy atom. The van der Waals surface area contributed by atoms with E-state index in [0.717, 1.165) is 45.4 Å². The van der Waals surface area contributed by atoms with Crippen molar-refractivity contribution in [2.45, 2.75) is 43.0 Å². The molecule has 15 heavy (non-hydrogen) atoms. The van der Waals surface area contributed by atoms with Crippen molar-refractivity contribution in [3.05, 3.63) is 0 Å². The maximum absolute atomic E-state index is 11.9. The number of ether oxygens (including phenoxy) is 1. The fraction of sp³-hybridized carbons (Fsp3) is 0.909. The first-order chi connectivity index (χ1) is 7.11. The highest BCUT2D eigenvalue weighted by atomic mass is 79.9. The molecule has 0 aromatic heterocycles. The van der Waals surface area contributed by atoms with Crippen LogP contribution in [0.15, 0.2) is 0 Å². The quantitative estimate of drug-likeness (QED) is 0.721. The summed E-state index contributed by atoms with van der Waals surface area (Å²) in [6, 6.07) is 0. The first-order valence-electron chi connectivity index (χ1n) is 5.68. The van der Waals surface area contributed by atoms with Crippen molar-refractivity contribution in [2.75, 3.05) is 19.7 Å². The molecular weight excluding hydrogens is 258 g/mol. The largest absolute Gasteiger partial charge is 0.373 e. The van der Waals surface area contributed by atoms with Crippen molar-refractivity contribution in [2.24, 2.45) is 0 Å². The number of rotatable bonds is 2. The van der Waals surface area contributed by atoms with E-state index in [-0.39, 0.29) is 16.3 Å². The predicted octanol–water partition coefficient (Wildman–Crippen LogP) is 1.94. The summed E-state index contributed by atoms with van der Waals surface area (Å²) in [7, 11) is 0. The summed E-state index contributed by atoms with van der Waals surface area (Å²) in [4.78, 5) is 13.9. The van der Waals surface area contributed by atoms with E-state index in [0.29, 0.717) is 0 Å². The third-order valence-corrected chi connectivity index (χ3v) is 4.14. The lowest BCUT2D eigenvalue weighted by molar-refractivity contribution is -0.136. The molecule has 2 aliphatic heterocycles. The number of nitrogens with zero attached hydrogens (tertiary/aromatic N) is 1. The van der Waals surface area contributed by atoms with Crippen molar-refractivity contribution in [3.8, 4) is 0 Å². The van der Waals surface area contributed by atoms with Crippen LogP contribution < -0.4 is 0 Å². The minimum absolute atomic E-state index is 0.0243. The van der Waals surface area contributed by atoms with E-state index in [4.69, 9.17) is 4.74 Å². The van der Waals surface area contributed by atoms with Crippen LogP contribution in [0.1, 0.15) is 32.6 Å². The van der Waals surface area contributed by atoms with Crippen LogP contribution in [-0.4, -0.2) is 40.9 Å². The molecule has 1 amide bonds. The predicted molar refractivity (Wildman–Crippen MR) is 62.1 cm³/mol. The van der Waals surface area contributed by atoms with Gasteiger partial charge in [-0.1, -0.05) is 15.9 Å². The van der Waals surface area contributed by atoms with Crippen molar-refractivity contribution in [1.29, 1.82) is 0 Å². The first-order valence-corrected chi connectivity index (χ1v) is 6.59. The molecule has 0 saturated carbocycles. The van der Waals surface area contributed by atoms with E-state index in [1.54, 1.807) is 0 Å². The molecule has 0 aromatic carbocycles. The Labute approximate surface area is 99.3 Å². The Kier molecular flexibility index (Phi) is 3.36. The van der Waals surface area contributed by atoms with E-state index in [1.165, 1.54) is 0 Å². The molecule has 2 aliphatic rings. The number of alkyl halides is 1. The maximum atomic E-state index is 11.9. The van der Waals surface area contributed by atoms with Gasteiger partial charge in [0.1, 0.15) is 0 Å². The molecule has 0 aromatic rings. The summed E-state index contributed by atoms with van der Waals surface area (Å²) in [5.74, 6) is 0.234. The summed E-state index contributed by atoms with van der Waals surface area (Å²) in [5, 5.41) is 0. The summed E-state index contributed by atoms with van der Waals surface area (Å²) in [5.41, 5.74) is -0.0975. The van der Waals surface area contributed by atoms with Crippen LogP contribution in [0.25, 0.3) is 0 Å². The Bertz CT molecular complexity index is 251. The zero-order valence-corrected chi connectivity index (χ0v) is 10.8. The van der Waals surface area contributed by atoms with Gasteiger partial charge in [-0.15, -0.1) is 0 Å². The molecule has 0 N–H and O–H groups in total. The van der Waals surface area contributed by atoms with E-state index >= 15 is 0 Å². The number of carbonyl (C=O) groups excluding carboxylic acids is 1. The molecular formula is C11H18BrNO2. The second-order valence-electron chi connectivity index (χ2n) is 4.77. The Morgan fingerprint density at radius 3 is 3.07 bits per heavy atom. The Morgan fingerprint density at radius 2 is 2.40 bits per heavy atom. The van der Waals surface area contributed by atoms with Crippen molar-refractivity contribution < 1.29 is 9.53 Å². The van der Waals surface area contributed by atoms with Gasteiger partial charge in [0.2, 0.25) is 5.91 Å². The number of hydrogen-bond acceptors (Lipinski definition) is 2. The van der Waals surface area contributed by atoms with Crippen LogP contribution >= 0.6 is 15.9 Å².